The maximum absolute atomic E-state index is 13.0. The number of hydrogen-bond acceptors (Lipinski definition) is 5. The van der Waals surface area contributed by atoms with Gasteiger partial charge in [0.1, 0.15) is 0 Å². The van der Waals surface area contributed by atoms with E-state index >= 15 is 0 Å². The van der Waals surface area contributed by atoms with E-state index in [9.17, 15) is 22.8 Å². The molecule has 3 aromatic rings. The first-order chi connectivity index (χ1) is 16.2. The predicted octanol–water partition coefficient (Wildman–Crippen LogP) is 4.78. The van der Waals surface area contributed by atoms with Crippen molar-refractivity contribution in [2.45, 2.75) is 19.3 Å². The molecule has 0 bridgehead atoms. The number of esters is 1. The van der Waals surface area contributed by atoms with Crippen LogP contribution in [0.4, 0.5) is 18.9 Å². The van der Waals surface area contributed by atoms with E-state index in [0.29, 0.717) is 35.5 Å². The second kappa shape index (κ2) is 9.38. The van der Waals surface area contributed by atoms with Gasteiger partial charge in [-0.3, -0.25) is 4.79 Å². The van der Waals surface area contributed by atoms with Crippen LogP contribution >= 0.6 is 0 Å². The highest BCUT2D eigenvalue weighted by molar-refractivity contribution is 5.95. The number of nitrogens with one attached hydrogen (secondary N) is 1. The molecule has 1 aliphatic heterocycles. The molecular weight excluding hydrogens is 447 g/mol. The number of hydrazone groups is 1. The van der Waals surface area contributed by atoms with Crippen molar-refractivity contribution in [3.63, 3.8) is 0 Å². The van der Waals surface area contributed by atoms with Gasteiger partial charge in [-0.25, -0.2) is 10.2 Å². The number of benzene rings is 3. The molecule has 6 nitrogen and oxygen atoms in total. The van der Waals surface area contributed by atoms with E-state index in [4.69, 9.17) is 0 Å². The van der Waals surface area contributed by atoms with Crippen molar-refractivity contribution in [2.24, 2.45) is 5.10 Å². The van der Waals surface area contributed by atoms with E-state index in [-0.39, 0.29) is 0 Å². The third-order valence-electron chi connectivity index (χ3n) is 5.44. The Morgan fingerprint density at radius 1 is 0.971 bits per heavy atom. The van der Waals surface area contributed by atoms with Crippen molar-refractivity contribution in [1.29, 1.82) is 0 Å². The molecule has 4 rings (SSSR count). The van der Waals surface area contributed by atoms with Crippen molar-refractivity contribution in [1.82, 2.24) is 5.43 Å². The fraction of sp³-hybridized carbons (Fsp3) is 0.160. The number of fused-ring (bicyclic) bond motifs is 1. The van der Waals surface area contributed by atoms with Gasteiger partial charge in [0.05, 0.1) is 24.5 Å². The third-order valence-corrected chi connectivity index (χ3v) is 5.44. The average Bonchev–Trinajstić information content (AvgIpc) is 3.27. The van der Waals surface area contributed by atoms with Crippen LogP contribution in [-0.4, -0.2) is 25.2 Å². The van der Waals surface area contributed by atoms with Gasteiger partial charge in [-0.15, -0.1) is 0 Å². The van der Waals surface area contributed by atoms with Crippen molar-refractivity contribution >= 4 is 23.8 Å². The van der Waals surface area contributed by atoms with E-state index in [0.717, 1.165) is 23.3 Å². The molecule has 1 heterocycles. The number of ether oxygens (including phenoxy) is 1. The first-order valence-corrected chi connectivity index (χ1v) is 10.3. The summed E-state index contributed by atoms with van der Waals surface area (Å²) >= 11 is 0. The fourth-order valence-electron chi connectivity index (χ4n) is 3.65. The molecule has 9 heteroatoms. The van der Waals surface area contributed by atoms with Crippen LogP contribution in [0.3, 0.4) is 0 Å². The minimum absolute atomic E-state index is 0.392. The van der Waals surface area contributed by atoms with E-state index in [1.807, 2.05) is 4.90 Å². The molecule has 0 saturated carbocycles. The molecule has 174 valence electrons. The summed E-state index contributed by atoms with van der Waals surface area (Å²) in [6.07, 6.45) is -2.96. The summed E-state index contributed by atoms with van der Waals surface area (Å²) in [5.41, 5.74) is 5.52. The molecule has 0 unspecified atom stereocenters. The van der Waals surface area contributed by atoms with Crippen LogP contribution in [0.5, 0.6) is 0 Å². The zero-order chi connectivity index (χ0) is 24.3. The molecule has 1 amide bonds. The number of amides is 1. The Balaban J connectivity index is 1.40. The quantitative estimate of drug-likeness (QED) is 0.333. The molecule has 0 aromatic heterocycles. The summed E-state index contributed by atoms with van der Waals surface area (Å²) in [7, 11) is 1.30. The van der Waals surface area contributed by atoms with E-state index in [1.54, 1.807) is 48.5 Å². The lowest BCUT2D eigenvalue weighted by atomic mass is 10.1. The number of rotatable bonds is 5. The minimum Gasteiger partial charge on any atom is -0.465 e. The summed E-state index contributed by atoms with van der Waals surface area (Å²) < 4.78 is 43.8. The van der Waals surface area contributed by atoms with Gasteiger partial charge in [0, 0.05) is 24.3 Å². The third kappa shape index (κ3) is 5.09. The Labute approximate surface area is 193 Å². The van der Waals surface area contributed by atoms with Gasteiger partial charge in [0.15, 0.2) is 0 Å². The number of anilines is 1. The van der Waals surface area contributed by atoms with Gasteiger partial charge >= 0.3 is 12.1 Å². The lowest BCUT2D eigenvalue weighted by molar-refractivity contribution is -0.137. The van der Waals surface area contributed by atoms with Crippen molar-refractivity contribution in [3.8, 4) is 0 Å². The first-order valence-electron chi connectivity index (χ1n) is 10.3. The molecule has 0 spiro atoms. The highest BCUT2D eigenvalue weighted by Gasteiger charge is 2.31. The van der Waals surface area contributed by atoms with Crippen LogP contribution < -0.4 is 10.3 Å². The molecule has 0 radical (unpaired) electrons. The molecular formula is C25H20F3N3O3. The van der Waals surface area contributed by atoms with Gasteiger partial charge in [0.25, 0.3) is 5.91 Å². The summed E-state index contributed by atoms with van der Waals surface area (Å²) in [5.74, 6) is -0.859. The Morgan fingerprint density at radius 3 is 2.38 bits per heavy atom. The van der Waals surface area contributed by atoms with Crippen molar-refractivity contribution < 1.29 is 27.5 Å². The number of carbonyl (C=O) groups excluding carboxylic acids is 2. The van der Waals surface area contributed by atoms with Crippen LogP contribution in [-0.2, 0) is 24.0 Å². The van der Waals surface area contributed by atoms with E-state index < -0.39 is 23.6 Å². The summed E-state index contributed by atoms with van der Waals surface area (Å²) in [4.78, 5) is 25.8. The van der Waals surface area contributed by atoms with Crippen molar-refractivity contribution in [3.05, 3.63) is 100 Å². The maximum atomic E-state index is 13.0. The van der Waals surface area contributed by atoms with Crippen molar-refractivity contribution in [2.75, 3.05) is 12.0 Å². The topological polar surface area (TPSA) is 71.0 Å². The Bertz CT molecular complexity index is 1250. The summed E-state index contributed by atoms with van der Waals surface area (Å²) in [6, 6.07) is 16.9. The highest BCUT2D eigenvalue weighted by atomic mass is 19.4. The Hall–Kier alpha value is -4.14. The number of nitrogens with zero attached hydrogens (tertiary/aromatic N) is 2. The van der Waals surface area contributed by atoms with Crippen LogP contribution in [0.2, 0.25) is 0 Å². The molecule has 0 fully saturated rings. The zero-order valence-electron chi connectivity index (χ0n) is 18.1. The standard InChI is InChI=1S/C25H20F3N3O3/c1-34-24(33)17-7-5-16(6-8-17)13-29-30-23(32)18-9-10-19-14-31(15-20(19)11-18)22-4-2-3-21(12-22)25(26,27)28/h2-13H,14-15H2,1H3,(H,30,32)/b29-13+. The normalized spacial score (nSPS) is 13.1. The van der Waals surface area contributed by atoms with Gasteiger partial charge in [-0.1, -0.05) is 24.3 Å². The molecule has 0 saturated heterocycles. The van der Waals surface area contributed by atoms with Gasteiger partial charge in [0.2, 0.25) is 0 Å². The van der Waals surface area contributed by atoms with Crippen LogP contribution in [0.25, 0.3) is 0 Å². The molecule has 1 aliphatic rings. The number of hydrogen-bond donors (Lipinski definition) is 1. The second-order valence-corrected chi connectivity index (χ2v) is 7.70. The smallest absolute Gasteiger partial charge is 0.416 e. The van der Waals surface area contributed by atoms with Crippen LogP contribution in [0, 0.1) is 0 Å². The highest BCUT2D eigenvalue weighted by Crippen LogP contribution is 2.34. The molecule has 34 heavy (non-hydrogen) atoms. The summed E-state index contributed by atoms with van der Waals surface area (Å²) in [5, 5.41) is 3.94. The molecule has 1 N–H and O–H groups in total. The number of halogens is 3. The van der Waals surface area contributed by atoms with Gasteiger partial charge < -0.3 is 9.64 Å². The molecule has 0 atom stereocenters. The largest absolute Gasteiger partial charge is 0.465 e. The monoisotopic (exact) mass is 467 g/mol. The Kier molecular flexibility index (Phi) is 6.36. The lowest BCUT2D eigenvalue weighted by Gasteiger charge is -2.19. The van der Waals surface area contributed by atoms with Gasteiger partial charge in [-0.2, -0.15) is 18.3 Å². The summed E-state index contributed by atoms with van der Waals surface area (Å²) in [6.45, 7) is 0.853. The maximum Gasteiger partial charge on any atom is 0.416 e. The molecule has 3 aromatic carbocycles. The fourth-order valence-corrected chi connectivity index (χ4v) is 3.65. The number of alkyl halides is 3. The molecule has 0 aliphatic carbocycles. The predicted molar refractivity (Wildman–Crippen MR) is 121 cm³/mol. The van der Waals surface area contributed by atoms with Crippen LogP contribution in [0.15, 0.2) is 71.8 Å². The average molecular weight is 467 g/mol. The SMILES string of the molecule is COC(=O)c1ccc(/C=N/NC(=O)c2ccc3c(c2)CN(c2cccc(C(F)(F)F)c2)C3)cc1. The first kappa shape index (κ1) is 23.0. The van der Waals surface area contributed by atoms with E-state index in [2.05, 4.69) is 15.3 Å². The Morgan fingerprint density at radius 2 is 1.68 bits per heavy atom. The number of methoxy groups -OCH3 is 1. The van der Waals surface area contributed by atoms with Gasteiger partial charge in [-0.05, 0) is 59.2 Å². The zero-order valence-corrected chi connectivity index (χ0v) is 18.1. The lowest BCUT2D eigenvalue weighted by Crippen LogP contribution is -2.18. The number of carbonyl (C=O) groups is 2. The minimum atomic E-state index is -4.41. The van der Waals surface area contributed by atoms with E-state index in [1.165, 1.54) is 19.4 Å². The van der Waals surface area contributed by atoms with Crippen LogP contribution in [0.1, 0.15) is 43.0 Å². The second-order valence-electron chi connectivity index (χ2n) is 7.70.